The van der Waals surface area contributed by atoms with Crippen molar-refractivity contribution >= 4 is 59.6 Å². The van der Waals surface area contributed by atoms with E-state index in [1.165, 1.54) is 49.9 Å². The summed E-state index contributed by atoms with van der Waals surface area (Å²) >= 11 is 4.29. The van der Waals surface area contributed by atoms with Gasteiger partial charge in [-0.05, 0) is 80.0 Å². The summed E-state index contributed by atoms with van der Waals surface area (Å²) in [6.07, 6.45) is 5.23. The summed E-state index contributed by atoms with van der Waals surface area (Å²) < 4.78 is 0. The van der Waals surface area contributed by atoms with Gasteiger partial charge in [0.25, 0.3) is 0 Å². The van der Waals surface area contributed by atoms with Crippen LogP contribution in [-0.4, -0.2) is 16.1 Å². The van der Waals surface area contributed by atoms with Crippen LogP contribution in [0.15, 0.2) is 24.3 Å². The Kier molecular flexibility index (Phi) is 7.39. The Bertz CT molecular complexity index is 1150. The highest BCUT2D eigenvalue weighted by molar-refractivity contribution is 7.23. The molecule has 2 aliphatic rings. The quantitative estimate of drug-likeness (QED) is 0.221. The maximum absolute atomic E-state index is 2.81. The van der Waals surface area contributed by atoms with Gasteiger partial charge in [0.05, 0.1) is 0 Å². The van der Waals surface area contributed by atoms with Crippen LogP contribution >= 0.6 is 22.7 Å². The van der Waals surface area contributed by atoms with E-state index in [0.29, 0.717) is 11.8 Å². The predicted molar refractivity (Wildman–Crippen MR) is 172 cm³/mol. The summed E-state index contributed by atoms with van der Waals surface area (Å²) in [6, 6.07) is 16.6. The Hall–Kier alpha value is -0.946. The molecule has 0 amide bonds. The van der Waals surface area contributed by atoms with Crippen molar-refractivity contribution in [2.24, 2.45) is 0 Å². The fourth-order valence-electron chi connectivity index (χ4n) is 7.59. The normalized spacial score (nSPS) is 16.5. The highest BCUT2D eigenvalue weighted by Gasteiger charge is 2.50. The van der Waals surface area contributed by atoms with Crippen molar-refractivity contribution in [1.82, 2.24) is 0 Å². The Labute approximate surface area is 230 Å². The third-order valence-corrected chi connectivity index (χ3v) is 23.5. The number of thiophene rings is 2. The Balaban J connectivity index is 1.83. The van der Waals surface area contributed by atoms with Gasteiger partial charge in [-0.1, -0.05) is 93.2 Å². The number of hydrogen-bond donors (Lipinski definition) is 0. The topological polar surface area (TPSA) is 0 Å². The maximum atomic E-state index is 2.81. The first kappa shape index (κ1) is 26.7. The second kappa shape index (κ2) is 9.98. The van der Waals surface area contributed by atoms with Crippen molar-refractivity contribution in [1.29, 1.82) is 0 Å². The van der Waals surface area contributed by atoms with Gasteiger partial charge in [0.1, 0.15) is 16.1 Å². The predicted octanol–water partition coefficient (Wildman–Crippen LogP) is 8.78. The molecule has 0 unspecified atom stereocenters. The van der Waals surface area contributed by atoms with E-state index in [1.54, 1.807) is 30.6 Å². The molecule has 0 radical (unpaired) electrons. The third-order valence-electron chi connectivity index (χ3n) is 9.06. The molecule has 0 bridgehead atoms. The molecule has 4 heteroatoms. The van der Waals surface area contributed by atoms with E-state index < -0.39 is 16.1 Å². The van der Waals surface area contributed by atoms with Gasteiger partial charge in [-0.15, -0.1) is 22.7 Å². The van der Waals surface area contributed by atoms with Crippen LogP contribution < -0.4 is 20.7 Å². The minimum absolute atomic E-state index is 0.628. The van der Waals surface area contributed by atoms with Crippen LogP contribution in [0.4, 0.5) is 0 Å². The molecule has 2 aromatic heterocycles. The Morgan fingerprint density at radius 3 is 1.14 bits per heavy atom. The zero-order valence-electron chi connectivity index (χ0n) is 23.9. The van der Waals surface area contributed by atoms with Crippen LogP contribution in [0.1, 0.15) is 103 Å². The van der Waals surface area contributed by atoms with Crippen LogP contribution in [0.2, 0.25) is 24.2 Å². The van der Waals surface area contributed by atoms with Gasteiger partial charge < -0.3 is 0 Å². The summed E-state index contributed by atoms with van der Waals surface area (Å²) in [4.78, 5) is 6.58. The largest absolute Gasteiger partial charge is 0.140 e. The van der Waals surface area contributed by atoms with Crippen LogP contribution in [0.25, 0.3) is 20.9 Å². The van der Waals surface area contributed by atoms with E-state index in [2.05, 4.69) is 102 Å². The van der Waals surface area contributed by atoms with Crippen LogP contribution in [0.3, 0.4) is 0 Å². The number of hydrogen-bond acceptors (Lipinski definition) is 2. The van der Waals surface area contributed by atoms with E-state index in [0.717, 1.165) is 0 Å². The molecule has 3 aromatic rings. The minimum Gasteiger partial charge on any atom is -0.140 e. The minimum atomic E-state index is -1.73. The molecule has 1 aromatic carbocycles. The Morgan fingerprint density at radius 2 is 0.861 bits per heavy atom. The summed E-state index contributed by atoms with van der Waals surface area (Å²) in [7, 11) is -3.46. The van der Waals surface area contributed by atoms with Crippen molar-refractivity contribution in [2.75, 3.05) is 0 Å². The smallest absolute Gasteiger partial charge is 0.120 e. The number of benzene rings is 1. The molecule has 0 spiro atoms. The van der Waals surface area contributed by atoms with Crippen molar-refractivity contribution in [3.8, 4) is 20.9 Å². The van der Waals surface area contributed by atoms with E-state index >= 15 is 0 Å². The van der Waals surface area contributed by atoms with Crippen LogP contribution in [-0.2, 0) is 0 Å². The standard InChI is InChI=1S/C32H46S2Si2/c1-9-13-35(14-10-2)27-17-24-28(18-23(27)31-29(35)19-25(33-31)21(5)6)36(15-11-3,16-12-4)30-20-26(22(7)8)34-32(24)30/h17-22H,9-16H2,1-8H3. The molecule has 0 saturated heterocycles. The van der Waals surface area contributed by atoms with Crippen molar-refractivity contribution in [3.63, 3.8) is 0 Å². The second-order valence-corrected chi connectivity index (χ2v) is 22.9. The zero-order valence-corrected chi connectivity index (χ0v) is 27.6. The number of rotatable bonds is 10. The summed E-state index contributed by atoms with van der Waals surface area (Å²) in [5.74, 6) is 1.26. The first-order valence-electron chi connectivity index (χ1n) is 14.8. The van der Waals surface area contributed by atoms with Crippen molar-refractivity contribution in [3.05, 3.63) is 34.0 Å². The summed E-state index contributed by atoms with van der Waals surface area (Å²) in [5, 5.41) is 7.24. The van der Waals surface area contributed by atoms with Gasteiger partial charge in [0.2, 0.25) is 0 Å². The molecule has 0 nitrogen and oxygen atoms in total. The molecular formula is C32H46S2Si2. The van der Waals surface area contributed by atoms with Gasteiger partial charge >= 0.3 is 0 Å². The average molecular weight is 551 g/mol. The van der Waals surface area contributed by atoms with Crippen LogP contribution in [0, 0.1) is 0 Å². The molecule has 2 aliphatic heterocycles. The fraction of sp³-hybridized carbons (Fsp3) is 0.562. The molecule has 0 N–H and O–H groups in total. The summed E-state index contributed by atoms with van der Waals surface area (Å²) in [6.45, 7) is 19.3. The monoisotopic (exact) mass is 550 g/mol. The molecule has 4 heterocycles. The van der Waals surface area contributed by atoms with Gasteiger partial charge in [-0.3, -0.25) is 0 Å². The Morgan fingerprint density at radius 1 is 0.528 bits per heavy atom. The lowest BCUT2D eigenvalue weighted by Gasteiger charge is -2.31. The molecule has 0 saturated carbocycles. The third kappa shape index (κ3) is 3.76. The lowest BCUT2D eigenvalue weighted by molar-refractivity contribution is 0.890. The molecule has 0 atom stereocenters. The van der Waals surface area contributed by atoms with E-state index in [9.17, 15) is 0 Å². The van der Waals surface area contributed by atoms with Gasteiger partial charge in [-0.25, -0.2) is 0 Å². The highest BCUT2D eigenvalue weighted by Crippen LogP contribution is 2.45. The average Bonchev–Trinajstić information content (AvgIpc) is 3.56. The summed E-state index contributed by atoms with van der Waals surface area (Å²) in [5.41, 5.74) is 3.36. The van der Waals surface area contributed by atoms with E-state index in [1.807, 2.05) is 20.7 Å². The van der Waals surface area contributed by atoms with Crippen LogP contribution in [0.5, 0.6) is 0 Å². The lowest BCUT2D eigenvalue weighted by Crippen LogP contribution is -2.56. The van der Waals surface area contributed by atoms with E-state index in [-0.39, 0.29) is 0 Å². The van der Waals surface area contributed by atoms with Gasteiger partial charge in [0, 0.05) is 19.5 Å². The van der Waals surface area contributed by atoms with Gasteiger partial charge in [-0.2, -0.15) is 0 Å². The zero-order chi connectivity index (χ0) is 25.8. The molecule has 0 aliphatic carbocycles. The molecule has 36 heavy (non-hydrogen) atoms. The molecule has 0 fully saturated rings. The highest BCUT2D eigenvalue weighted by atomic mass is 32.1. The second-order valence-electron chi connectivity index (χ2n) is 12.2. The SMILES string of the molecule is CCC[Si]1(CCC)c2cc3c(cc2-c2sc(C(C)C)cc21)[Si](CCC)(CCC)c1cc(C(C)C)sc1-3. The van der Waals surface area contributed by atoms with Crippen molar-refractivity contribution < 1.29 is 0 Å². The molecule has 5 rings (SSSR count). The van der Waals surface area contributed by atoms with E-state index in [4.69, 9.17) is 0 Å². The molecular weight excluding hydrogens is 505 g/mol. The maximum Gasteiger partial charge on any atom is 0.120 e. The lowest BCUT2D eigenvalue weighted by atomic mass is 10.1. The molecule has 194 valence electrons. The van der Waals surface area contributed by atoms with Crippen molar-refractivity contribution in [2.45, 2.75) is 117 Å². The number of fused-ring (bicyclic) bond motifs is 6. The first-order valence-corrected chi connectivity index (χ1v) is 21.2. The van der Waals surface area contributed by atoms with Gasteiger partial charge in [0.15, 0.2) is 0 Å². The fourth-order valence-corrected chi connectivity index (χ4v) is 22.6. The first-order chi connectivity index (χ1) is 17.3.